The van der Waals surface area contributed by atoms with Gasteiger partial charge in [-0.25, -0.2) is 9.78 Å². The lowest BCUT2D eigenvalue weighted by Gasteiger charge is -2.38. The number of allylic oxidation sites excluding steroid dienone is 1. The number of piperidine rings is 1. The van der Waals surface area contributed by atoms with E-state index in [1.807, 2.05) is 41.0 Å². The SMILES string of the molecule is CC1(c2ncc(-c3ccccn3)n2C2OC=C(Cc3ccccc3)O2)CCN(C(=O)O)CC1. The third-order valence-electron chi connectivity index (χ3n) is 6.40. The number of hydrogen-bond donors (Lipinski definition) is 1. The maximum atomic E-state index is 11.4. The van der Waals surface area contributed by atoms with E-state index in [0.717, 1.165) is 28.5 Å². The van der Waals surface area contributed by atoms with Gasteiger partial charge in [-0.1, -0.05) is 43.3 Å². The number of nitrogens with zero attached hydrogens (tertiary/aromatic N) is 4. The van der Waals surface area contributed by atoms with Crippen LogP contribution in [-0.2, 0) is 21.3 Å². The molecule has 0 saturated carbocycles. The Hall–Kier alpha value is -3.81. The first-order chi connectivity index (χ1) is 16.0. The zero-order chi connectivity index (χ0) is 22.8. The zero-order valence-electron chi connectivity index (χ0n) is 18.4. The van der Waals surface area contributed by atoms with E-state index in [2.05, 4.69) is 24.0 Å². The molecule has 1 amide bonds. The Labute approximate surface area is 192 Å². The van der Waals surface area contributed by atoms with E-state index in [1.54, 1.807) is 18.7 Å². The highest BCUT2D eigenvalue weighted by atomic mass is 16.7. The van der Waals surface area contributed by atoms with E-state index in [-0.39, 0.29) is 5.41 Å². The van der Waals surface area contributed by atoms with Gasteiger partial charge in [-0.05, 0) is 30.5 Å². The van der Waals surface area contributed by atoms with Gasteiger partial charge in [0.1, 0.15) is 17.8 Å². The Morgan fingerprint density at radius 1 is 1.12 bits per heavy atom. The molecule has 8 nitrogen and oxygen atoms in total. The first kappa shape index (κ1) is 21.1. The fourth-order valence-electron chi connectivity index (χ4n) is 4.45. The van der Waals surface area contributed by atoms with Crippen molar-refractivity contribution in [3.05, 3.63) is 84.3 Å². The Morgan fingerprint density at radius 3 is 2.58 bits per heavy atom. The topological polar surface area (TPSA) is 89.7 Å². The lowest BCUT2D eigenvalue weighted by atomic mass is 9.79. The molecule has 2 aliphatic heterocycles. The number of hydrogen-bond acceptors (Lipinski definition) is 5. The van der Waals surface area contributed by atoms with E-state index < -0.39 is 12.5 Å². The highest BCUT2D eigenvalue weighted by Gasteiger charge is 2.40. The van der Waals surface area contributed by atoms with Crippen LogP contribution in [0.5, 0.6) is 0 Å². The quantitative estimate of drug-likeness (QED) is 0.618. The van der Waals surface area contributed by atoms with Crippen LogP contribution in [0.2, 0.25) is 0 Å². The molecular formula is C25H26N4O4. The van der Waals surface area contributed by atoms with Gasteiger partial charge in [0.05, 0.1) is 17.6 Å². The Balaban J connectivity index is 1.45. The maximum Gasteiger partial charge on any atom is 0.407 e. The van der Waals surface area contributed by atoms with Crippen molar-refractivity contribution in [1.29, 1.82) is 0 Å². The summed E-state index contributed by atoms with van der Waals surface area (Å²) in [5, 5.41) is 9.36. The van der Waals surface area contributed by atoms with Crippen molar-refractivity contribution in [2.24, 2.45) is 0 Å². The molecule has 1 saturated heterocycles. The minimum Gasteiger partial charge on any atom is -0.465 e. The maximum absolute atomic E-state index is 11.4. The molecule has 0 radical (unpaired) electrons. The van der Waals surface area contributed by atoms with Crippen LogP contribution in [0.1, 0.15) is 37.6 Å². The molecule has 170 valence electrons. The molecule has 1 N–H and O–H groups in total. The number of imidazole rings is 1. The van der Waals surface area contributed by atoms with Gasteiger partial charge in [-0.2, -0.15) is 0 Å². The second kappa shape index (κ2) is 8.61. The van der Waals surface area contributed by atoms with Crippen LogP contribution < -0.4 is 0 Å². The number of likely N-dealkylation sites (tertiary alicyclic amines) is 1. The molecule has 5 rings (SSSR count). The molecular weight excluding hydrogens is 420 g/mol. The number of carbonyl (C=O) groups is 1. The summed E-state index contributed by atoms with van der Waals surface area (Å²) in [7, 11) is 0. The first-order valence-electron chi connectivity index (χ1n) is 11.1. The standard InChI is InChI=1S/C25H26N4O4/c1-25(10-13-28(14-11-25)23(30)31)22-27-16-21(20-9-5-6-12-26-20)29(22)24-32-17-19(33-24)15-18-7-3-2-4-8-18/h2-9,12,16-17,24H,10-11,13-15H2,1H3,(H,30,31). The van der Waals surface area contributed by atoms with Crippen LogP contribution in [0.4, 0.5) is 4.79 Å². The molecule has 2 aromatic heterocycles. The number of aromatic nitrogens is 3. The average molecular weight is 447 g/mol. The van der Waals surface area contributed by atoms with Gasteiger partial charge in [-0.3, -0.25) is 9.55 Å². The van der Waals surface area contributed by atoms with Crippen LogP contribution in [-0.4, -0.2) is 43.7 Å². The second-order valence-electron chi connectivity index (χ2n) is 8.69. The molecule has 0 bridgehead atoms. The number of rotatable bonds is 5. The van der Waals surface area contributed by atoms with Crippen LogP contribution in [0.15, 0.2) is 72.9 Å². The van der Waals surface area contributed by atoms with E-state index in [4.69, 9.17) is 14.5 Å². The molecule has 2 aliphatic rings. The zero-order valence-corrected chi connectivity index (χ0v) is 18.4. The van der Waals surface area contributed by atoms with Gasteiger partial charge in [0.25, 0.3) is 0 Å². The molecule has 33 heavy (non-hydrogen) atoms. The molecule has 1 fully saturated rings. The van der Waals surface area contributed by atoms with Crippen LogP contribution in [0, 0.1) is 0 Å². The van der Waals surface area contributed by atoms with Gasteiger partial charge in [0.2, 0.25) is 0 Å². The Bertz CT molecular complexity index is 1150. The van der Waals surface area contributed by atoms with Crippen molar-refractivity contribution in [1.82, 2.24) is 19.4 Å². The van der Waals surface area contributed by atoms with Crippen molar-refractivity contribution in [3.8, 4) is 11.4 Å². The molecule has 1 atom stereocenters. The van der Waals surface area contributed by atoms with Gasteiger partial charge in [0, 0.05) is 31.1 Å². The Kier molecular flexibility index (Phi) is 5.50. The largest absolute Gasteiger partial charge is 0.465 e. The average Bonchev–Trinajstić information content (AvgIpc) is 3.48. The van der Waals surface area contributed by atoms with Gasteiger partial charge < -0.3 is 19.5 Å². The van der Waals surface area contributed by atoms with Crippen molar-refractivity contribution in [2.45, 2.75) is 38.0 Å². The molecule has 8 heteroatoms. The number of amides is 1. The highest BCUT2D eigenvalue weighted by molar-refractivity contribution is 5.65. The third-order valence-corrected chi connectivity index (χ3v) is 6.40. The molecule has 0 spiro atoms. The normalized spacial score (nSPS) is 19.5. The number of benzene rings is 1. The van der Waals surface area contributed by atoms with E-state index in [1.165, 1.54) is 4.90 Å². The number of ether oxygens (including phenoxy) is 2. The predicted octanol–water partition coefficient (Wildman–Crippen LogP) is 4.56. The van der Waals surface area contributed by atoms with Crippen molar-refractivity contribution < 1.29 is 19.4 Å². The van der Waals surface area contributed by atoms with Crippen molar-refractivity contribution in [2.75, 3.05) is 13.1 Å². The lowest BCUT2D eigenvalue weighted by Crippen LogP contribution is -2.44. The molecule has 1 aromatic carbocycles. The van der Waals surface area contributed by atoms with E-state index in [9.17, 15) is 9.90 Å². The predicted molar refractivity (Wildman–Crippen MR) is 121 cm³/mol. The summed E-state index contributed by atoms with van der Waals surface area (Å²) < 4.78 is 14.2. The second-order valence-corrected chi connectivity index (χ2v) is 8.69. The van der Waals surface area contributed by atoms with Gasteiger partial charge in [-0.15, -0.1) is 0 Å². The molecule has 1 unspecified atom stereocenters. The molecule has 4 heterocycles. The monoisotopic (exact) mass is 446 g/mol. The van der Waals surface area contributed by atoms with Gasteiger partial charge >= 0.3 is 12.5 Å². The summed E-state index contributed by atoms with van der Waals surface area (Å²) in [6.07, 6.45) is 5.58. The molecule has 0 aliphatic carbocycles. The smallest absolute Gasteiger partial charge is 0.407 e. The summed E-state index contributed by atoms with van der Waals surface area (Å²) in [6, 6.07) is 15.8. The first-order valence-corrected chi connectivity index (χ1v) is 11.1. The molecule has 3 aromatic rings. The third kappa shape index (κ3) is 4.16. The Morgan fingerprint density at radius 2 is 1.88 bits per heavy atom. The highest BCUT2D eigenvalue weighted by Crippen LogP contribution is 2.40. The van der Waals surface area contributed by atoms with Crippen LogP contribution in [0.3, 0.4) is 0 Å². The summed E-state index contributed by atoms with van der Waals surface area (Å²) in [5.74, 6) is 1.55. The minimum atomic E-state index is -0.883. The number of pyridine rings is 1. The number of carboxylic acid groups (broad SMARTS) is 1. The van der Waals surface area contributed by atoms with Crippen LogP contribution >= 0.6 is 0 Å². The van der Waals surface area contributed by atoms with Crippen molar-refractivity contribution in [3.63, 3.8) is 0 Å². The van der Waals surface area contributed by atoms with E-state index in [0.29, 0.717) is 32.4 Å². The summed E-state index contributed by atoms with van der Waals surface area (Å²) in [4.78, 5) is 22.2. The fraction of sp³-hybridized carbons (Fsp3) is 0.320. The summed E-state index contributed by atoms with van der Waals surface area (Å²) >= 11 is 0. The van der Waals surface area contributed by atoms with Crippen LogP contribution in [0.25, 0.3) is 11.4 Å². The van der Waals surface area contributed by atoms with Crippen molar-refractivity contribution >= 4 is 6.09 Å². The minimum absolute atomic E-state index is 0.326. The fourth-order valence-corrected chi connectivity index (χ4v) is 4.45. The lowest BCUT2D eigenvalue weighted by molar-refractivity contribution is -0.0950. The van der Waals surface area contributed by atoms with Gasteiger partial charge in [0.15, 0.2) is 0 Å². The summed E-state index contributed by atoms with van der Waals surface area (Å²) in [5.41, 5.74) is 2.38. The summed E-state index contributed by atoms with van der Waals surface area (Å²) in [6.45, 7) is 3.05. The van der Waals surface area contributed by atoms with E-state index >= 15 is 0 Å².